The highest BCUT2D eigenvalue weighted by molar-refractivity contribution is 5.72. The lowest BCUT2D eigenvalue weighted by atomic mass is 9.78. The van der Waals surface area contributed by atoms with Gasteiger partial charge in [0.15, 0.2) is 0 Å². The summed E-state index contributed by atoms with van der Waals surface area (Å²) in [5.41, 5.74) is 0. The van der Waals surface area contributed by atoms with Crippen LogP contribution < -0.4 is 0 Å². The molecule has 0 spiro atoms. The lowest BCUT2D eigenvalue weighted by Gasteiger charge is -2.43. The molecular weight excluding hydrogens is 166 g/mol. The molecule has 0 amide bonds. The SMILES string of the molecule is O=C(O)C1CCC1N1CCCCC1. The number of carboxylic acids is 1. The maximum atomic E-state index is 10.8. The molecule has 3 nitrogen and oxygen atoms in total. The maximum Gasteiger partial charge on any atom is 0.308 e. The van der Waals surface area contributed by atoms with Crippen molar-refractivity contribution in [2.45, 2.75) is 38.1 Å². The standard InChI is InChI=1S/C10H17NO2/c12-10(13)8-4-5-9(8)11-6-2-1-3-7-11/h8-9H,1-7H2,(H,12,13). The number of carboxylic acid groups (broad SMARTS) is 1. The van der Waals surface area contributed by atoms with Gasteiger partial charge in [0.05, 0.1) is 5.92 Å². The largest absolute Gasteiger partial charge is 0.481 e. The molecule has 2 atom stereocenters. The maximum absolute atomic E-state index is 10.8. The molecule has 1 saturated heterocycles. The van der Waals surface area contributed by atoms with Crippen molar-refractivity contribution >= 4 is 5.97 Å². The van der Waals surface area contributed by atoms with Crippen LogP contribution in [0.15, 0.2) is 0 Å². The molecule has 1 N–H and O–H groups in total. The highest BCUT2D eigenvalue weighted by Crippen LogP contribution is 2.33. The van der Waals surface area contributed by atoms with E-state index in [-0.39, 0.29) is 5.92 Å². The van der Waals surface area contributed by atoms with Crippen molar-refractivity contribution in [2.75, 3.05) is 13.1 Å². The summed E-state index contributed by atoms with van der Waals surface area (Å²) in [4.78, 5) is 13.2. The fourth-order valence-electron chi connectivity index (χ4n) is 2.46. The fraction of sp³-hybridized carbons (Fsp3) is 0.900. The number of aliphatic carboxylic acids is 1. The minimum atomic E-state index is -0.596. The second-order valence-corrected chi connectivity index (χ2v) is 4.19. The molecule has 13 heavy (non-hydrogen) atoms. The van der Waals surface area contributed by atoms with Crippen molar-refractivity contribution in [1.29, 1.82) is 0 Å². The molecule has 1 aliphatic heterocycles. The van der Waals surface area contributed by atoms with Gasteiger partial charge in [-0.25, -0.2) is 0 Å². The Balaban J connectivity index is 1.89. The Labute approximate surface area is 78.7 Å². The van der Waals surface area contributed by atoms with E-state index in [0.29, 0.717) is 6.04 Å². The van der Waals surface area contributed by atoms with Crippen LogP contribution in [-0.2, 0) is 4.79 Å². The first-order valence-corrected chi connectivity index (χ1v) is 5.26. The van der Waals surface area contributed by atoms with Gasteiger partial charge in [-0.3, -0.25) is 9.69 Å². The molecule has 3 heteroatoms. The number of nitrogens with zero attached hydrogens (tertiary/aromatic N) is 1. The van der Waals surface area contributed by atoms with Crippen molar-refractivity contribution < 1.29 is 9.90 Å². The average molecular weight is 183 g/mol. The first-order chi connectivity index (χ1) is 6.29. The van der Waals surface area contributed by atoms with Crippen LogP contribution in [0.4, 0.5) is 0 Å². The Morgan fingerprint density at radius 3 is 2.31 bits per heavy atom. The van der Waals surface area contributed by atoms with Gasteiger partial charge in [-0.1, -0.05) is 6.42 Å². The molecule has 2 aliphatic rings. The van der Waals surface area contributed by atoms with E-state index >= 15 is 0 Å². The third kappa shape index (κ3) is 1.70. The smallest absolute Gasteiger partial charge is 0.308 e. The number of rotatable bonds is 2. The molecular formula is C10H17NO2. The number of hydrogen-bond donors (Lipinski definition) is 1. The van der Waals surface area contributed by atoms with E-state index in [1.807, 2.05) is 0 Å². The lowest BCUT2D eigenvalue weighted by molar-refractivity contribution is -0.149. The first-order valence-electron chi connectivity index (χ1n) is 5.26. The topological polar surface area (TPSA) is 40.5 Å². The van der Waals surface area contributed by atoms with E-state index in [0.717, 1.165) is 25.9 Å². The van der Waals surface area contributed by atoms with Crippen LogP contribution in [0.2, 0.25) is 0 Å². The van der Waals surface area contributed by atoms with E-state index < -0.39 is 5.97 Å². The van der Waals surface area contributed by atoms with Gasteiger partial charge in [-0.15, -0.1) is 0 Å². The van der Waals surface area contributed by atoms with Crippen LogP contribution >= 0.6 is 0 Å². The van der Waals surface area contributed by atoms with E-state index in [9.17, 15) is 4.79 Å². The molecule has 0 aromatic rings. The van der Waals surface area contributed by atoms with Crippen molar-refractivity contribution in [3.05, 3.63) is 0 Å². The molecule has 1 saturated carbocycles. The number of carbonyl (C=O) groups is 1. The van der Waals surface area contributed by atoms with Crippen LogP contribution in [0.5, 0.6) is 0 Å². The molecule has 2 unspecified atom stereocenters. The normalized spacial score (nSPS) is 35.4. The summed E-state index contributed by atoms with van der Waals surface area (Å²) in [5, 5.41) is 8.91. The zero-order valence-electron chi connectivity index (χ0n) is 7.91. The highest BCUT2D eigenvalue weighted by Gasteiger charge is 2.40. The van der Waals surface area contributed by atoms with Crippen molar-refractivity contribution in [1.82, 2.24) is 4.90 Å². The van der Waals surface area contributed by atoms with Gasteiger partial charge in [0, 0.05) is 6.04 Å². The summed E-state index contributed by atoms with van der Waals surface area (Å²) in [5.74, 6) is -0.667. The highest BCUT2D eigenvalue weighted by atomic mass is 16.4. The van der Waals surface area contributed by atoms with E-state index in [4.69, 9.17) is 5.11 Å². The first kappa shape index (κ1) is 9.00. The third-order valence-electron chi connectivity index (χ3n) is 3.41. The van der Waals surface area contributed by atoms with Gasteiger partial charge in [0.2, 0.25) is 0 Å². The molecule has 2 fully saturated rings. The van der Waals surface area contributed by atoms with E-state index in [2.05, 4.69) is 4.90 Å². The van der Waals surface area contributed by atoms with Crippen LogP contribution in [-0.4, -0.2) is 35.1 Å². The lowest BCUT2D eigenvalue weighted by Crippen LogP contribution is -2.51. The average Bonchev–Trinajstić information content (AvgIpc) is 2.02. The van der Waals surface area contributed by atoms with Gasteiger partial charge >= 0.3 is 5.97 Å². The third-order valence-corrected chi connectivity index (χ3v) is 3.41. The minimum absolute atomic E-state index is 0.0712. The van der Waals surface area contributed by atoms with Crippen LogP contribution in [0, 0.1) is 5.92 Å². The minimum Gasteiger partial charge on any atom is -0.481 e. The predicted molar refractivity (Wildman–Crippen MR) is 49.6 cm³/mol. The van der Waals surface area contributed by atoms with Gasteiger partial charge < -0.3 is 5.11 Å². The number of hydrogen-bond acceptors (Lipinski definition) is 2. The molecule has 2 rings (SSSR count). The van der Waals surface area contributed by atoms with Crippen molar-refractivity contribution in [2.24, 2.45) is 5.92 Å². The van der Waals surface area contributed by atoms with E-state index in [1.165, 1.54) is 19.3 Å². The predicted octanol–water partition coefficient (Wildman–Crippen LogP) is 1.34. The quantitative estimate of drug-likeness (QED) is 0.702. The molecule has 0 aromatic heterocycles. The van der Waals surface area contributed by atoms with Crippen LogP contribution in [0.3, 0.4) is 0 Å². The molecule has 74 valence electrons. The summed E-state index contributed by atoms with van der Waals surface area (Å²) in [6.45, 7) is 2.24. The van der Waals surface area contributed by atoms with Gasteiger partial charge in [0.1, 0.15) is 0 Å². The van der Waals surface area contributed by atoms with Gasteiger partial charge in [-0.2, -0.15) is 0 Å². The Bertz CT molecular complexity index is 199. The molecule has 1 aliphatic carbocycles. The summed E-state index contributed by atoms with van der Waals surface area (Å²) < 4.78 is 0. The summed E-state index contributed by atoms with van der Waals surface area (Å²) in [6.07, 6.45) is 5.81. The van der Waals surface area contributed by atoms with Crippen molar-refractivity contribution in [3.63, 3.8) is 0 Å². The zero-order valence-corrected chi connectivity index (χ0v) is 7.91. The fourth-order valence-corrected chi connectivity index (χ4v) is 2.46. The Morgan fingerprint density at radius 2 is 1.85 bits per heavy atom. The zero-order chi connectivity index (χ0) is 9.26. The number of piperidine rings is 1. The summed E-state index contributed by atoms with van der Waals surface area (Å²) >= 11 is 0. The Morgan fingerprint density at radius 1 is 1.15 bits per heavy atom. The van der Waals surface area contributed by atoms with Crippen LogP contribution in [0.1, 0.15) is 32.1 Å². The van der Waals surface area contributed by atoms with Gasteiger partial charge in [-0.05, 0) is 38.8 Å². The van der Waals surface area contributed by atoms with Crippen molar-refractivity contribution in [3.8, 4) is 0 Å². The van der Waals surface area contributed by atoms with Gasteiger partial charge in [0.25, 0.3) is 0 Å². The van der Waals surface area contributed by atoms with Crippen LogP contribution in [0.25, 0.3) is 0 Å². The molecule has 0 bridgehead atoms. The molecule has 0 aromatic carbocycles. The Kier molecular flexibility index (Phi) is 2.54. The number of likely N-dealkylation sites (tertiary alicyclic amines) is 1. The molecule has 1 heterocycles. The monoisotopic (exact) mass is 183 g/mol. The van der Waals surface area contributed by atoms with E-state index in [1.54, 1.807) is 0 Å². The summed E-state index contributed by atoms with van der Waals surface area (Å²) in [7, 11) is 0. The Hall–Kier alpha value is -0.570. The second kappa shape index (κ2) is 3.66. The molecule has 0 radical (unpaired) electrons. The second-order valence-electron chi connectivity index (χ2n) is 4.19. The summed E-state index contributed by atoms with van der Waals surface area (Å²) in [6, 6.07) is 0.359.